The SMILES string of the molecule is Cn1nccc1CCN1CCCC1C(=O)O. The summed E-state index contributed by atoms with van der Waals surface area (Å²) in [6.07, 6.45) is 4.40. The fraction of sp³-hybridized carbons (Fsp3) is 0.636. The zero-order valence-corrected chi connectivity index (χ0v) is 9.46. The number of aryl methyl sites for hydroxylation is 1. The van der Waals surface area contributed by atoms with Crippen LogP contribution in [0.1, 0.15) is 18.5 Å². The first-order valence-corrected chi connectivity index (χ1v) is 5.62. The van der Waals surface area contributed by atoms with Crippen LogP contribution < -0.4 is 0 Å². The molecule has 0 aromatic carbocycles. The summed E-state index contributed by atoms with van der Waals surface area (Å²) >= 11 is 0. The molecule has 1 saturated heterocycles. The summed E-state index contributed by atoms with van der Waals surface area (Å²) < 4.78 is 1.84. The molecule has 1 atom stereocenters. The molecule has 1 aromatic rings. The minimum Gasteiger partial charge on any atom is -0.480 e. The summed E-state index contributed by atoms with van der Waals surface area (Å²) in [5.74, 6) is -0.692. The molecule has 5 nitrogen and oxygen atoms in total. The smallest absolute Gasteiger partial charge is 0.320 e. The van der Waals surface area contributed by atoms with Crippen LogP contribution in [0.3, 0.4) is 0 Å². The molecule has 88 valence electrons. The molecule has 1 aliphatic rings. The minimum absolute atomic E-state index is 0.284. The number of rotatable bonds is 4. The zero-order valence-electron chi connectivity index (χ0n) is 9.46. The predicted octanol–water partition coefficient (Wildman–Crippen LogP) is 0.512. The van der Waals surface area contributed by atoms with E-state index in [9.17, 15) is 4.79 Å². The quantitative estimate of drug-likeness (QED) is 0.808. The maximum Gasteiger partial charge on any atom is 0.320 e. The van der Waals surface area contributed by atoms with Gasteiger partial charge in [0.05, 0.1) is 0 Å². The molecule has 0 aliphatic carbocycles. The number of aromatic nitrogens is 2. The fourth-order valence-electron chi connectivity index (χ4n) is 2.28. The van der Waals surface area contributed by atoms with Gasteiger partial charge in [0.15, 0.2) is 0 Å². The normalized spacial score (nSPS) is 21.4. The van der Waals surface area contributed by atoms with Crippen molar-refractivity contribution in [3.8, 4) is 0 Å². The lowest BCUT2D eigenvalue weighted by Gasteiger charge is -2.20. The second-order valence-electron chi connectivity index (χ2n) is 4.23. The van der Waals surface area contributed by atoms with E-state index in [0.29, 0.717) is 0 Å². The lowest BCUT2D eigenvalue weighted by Crippen LogP contribution is -2.37. The molecule has 0 bridgehead atoms. The van der Waals surface area contributed by atoms with Gasteiger partial charge < -0.3 is 5.11 Å². The molecule has 1 fully saturated rings. The van der Waals surface area contributed by atoms with E-state index in [4.69, 9.17) is 5.11 Å². The van der Waals surface area contributed by atoms with Crippen molar-refractivity contribution in [3.05, 3.63) is 18.0 Å². The number of carbonyl (C=O) groups is 1. The van der Waals surface area contributed by atoms with Gasteiger partial charge in [-0.3, -0.25) is 14.4 Å². The average molecular weight is 223 g/mol. The summed E-state index contributed by atoms with van der Waals surface area (Å²) in [7, 11) is 1.91. The van der Waals surface area contributed by atoms with Gasteiger partial charge in [0.25, 0.3) is 0 Å². The van der Waals surface area contributed by atoms with Crippen molar-refractivity contribution in [2.75, 3.05) is 13.1 Å². The lowest BCUT2D eigenvalue weighted by molar-refractivity contribution is -0.142. The van der Waals surface area contributed by atoms with Crippen LogP contribution in [-0.4, -0.2) is 44.9 Å². The van der Waals surface area contributed by atoms with Crippen LogP contribution in [0.2, 0.25) is 0 Å². The third kappa shape index (κ3) is 2.24. The number of hydrogen-bond acceptors (Lipinski definition) is 3. The van der Waals surface area contributed by atoms with Crippen molar-refractivity contribution in [2.24, 2.45) is 7.05 Å². The molecular weight excluding hydrogens is 206 g/mol. The third-order valence-corrected chi connectivity index (χ3v) is 3.23. The van der Waals surface area contributed by atoms with Crippen molar-refractivity contribution in [1.82, 2.24) is 14.7 Å². The van der Waals surface area contributed by atoms with Crippen LogP contribution in [0.15, 0.2) is 12.3 Å². The van der Waals surface area contributed by atoms with Crippen molar-refractivity contribution in [1.29, 1.82) is 0 Å². The summed E-state index contributed by atoms with van der Waals surface area (Å²) in [5, 5.41) is 13.1. The van der Waals surface area contributed by atoms with Crippen molar-refractivity contribution in [2.45, 2.75) is 25.3 Å². The molecule has 1 N–H and O–H groups in total. The van der Waals surface area contributed by atoms with Crippen LogP contribution in [0.4, 0.5) is 0 Å². The first kappa shape index (κ1) is 11.1. The van der Waals surface area contributed by atoms with Gasteiger partial charge in [-0.15, -0.1) is 0 Å². The Morgan fingerprint density at radius 3 is 3.12 bits per heavy atom. The largest absolute Gasteiger partial charge is 0.480 e. The minimum atomic E-state index is -0.692. The number of aliphatic carboxylic acids is 1. The Balaban J connectivity index is 1.90. The fourth-order valence-corrected chi connectivity index (χ4v) is 2.28. The highest BCUT2D eigenvalue weighted by molar-refractivity contribution is 5.73. The maximum atomic E-state index is 11.0. The summed E-state index contributed by atoms with van der Waals surface area (Å²) in [6.45, 7) is 1.70. The summed E-state index contributed by atoms with van der Waals surface area (Å²) in [6, 6.07) is 1.69. The Hall–Kier alpha value is -1.36. The summed E-state index contributed by atoms with van der Waals surface area (Å²) in [4.78, 5) is 13.0. The molecule has 16 heavy (non-hydrogen) atoms. The maximum absolute atomic E-state index is 11.0. The molecule has 1 aliphatic heterocycles. The van der Waals surface area contributed by atoms with Gasteiger partial charge >= 0.3 is 5.97 Å². The van der Waals surface area contributed by atoms with Gasteiger partial charge in [0.2, 0.25) is 0 Å². The van der Waals surface area contributed by atoms with Crippen molar-refractivity contribution >= 4 is 5.97 Å². The first-order valence-electron chi connectivity index (χ1n) is 5.62. The van der Waals surface area contributed by atoms with Crippen LogP contribution in [0.5, 0.6) is 0 Å². The Kier molecular flexibility index (Phi) is 3.24. The Morgan fingerprint density at radius 1 is 1.69 bits per heavy atom. The van der Waals surface area contributed by atoms with E-state index in [0.717, 1.165) is 38.0 Å². The van der Waals surface area contributed by atoms with Gasteiger partial charge in [0, 0.05) is 31.9 Å². The van der Waals surface area contributed by atoms with Crippen LogP contribution >= 0.6 is 0 Å². The molecule has 5 heteroatoms. The standard InChI is InChI=1S/C11H17N3O2/c1-13-9(4-6-12-13)5-8-14-7-2-3-10(14)11(15)16/h4,6,10H,2-3,5,7-8H2,1H3,(H,15,16). The van der Waals surface area contributed by atoms with Gasteiger partial charge in [-0.2, -0.15) is 5.10 Å². The average Bonchev–Trinajstić information content (AvgIpc) is 2.83. The number of hydrogen-bond donors (Lipinski definition) is 1. The first-order chi connectivity index (χ1) is 7.68. The zero-order chi connectivity index (χ0) is 11.5. The van der Waals surface area contributed by atoms with E-state index in [1.165, 1.54) is 0 Å². The van der Waals surface area contributed by atoms with Crippen LogP contribution in [0.25, 0.3) is 0 Å². The highest BCUT2D eigenvalue weighted by Gasteiger charge is 2.29. The van der Waals surface area contributed by atoms with E-state index in [1.54, 1.807) is 6.20 Å². The molecule has 2 heterocycles. The van der Waals surface area contributed by atoms with E-state index >= 15 is 0 Å². The molecule has 0 amide bonds. The monoisotopic (exact) mass is 223 g/mol. The molecule has 2 rings (SSSR count). The van der Waals surface area contributed by atoms with Gasteiger partial charge in [-0.25, -0.2) is 0 Å². The number of nitrogens with zero attached hydrogens (tertiary/aromatic N) is 3. The second-order valence-corrected chi connectivity index (χ2v) is 4.23. The highest BCUT2D eigenvalue weighted by atomic mass is 16.4. The Labute approximate surface area is 94.7 Å². The van der Waals surface area contributed by atoms with Crippen molar-refractivity contribution < 1.29 is 9.90 Å². The molecule has 1 unspecified atom stereocenters. The van der Waals surface area contributed by atoms with Gasteiger partial charge in [-0.1, -0.05) is 0 Å². The molecule has 0 radical (unpaired) electrons. The number of carboxylic acids is 1. The van der Waals surface area contributed by atoms with Crippen molar-refractivity contribution in [3.63, 3.8) is 0 Å². The number of likely N-dealkylation sites (tertiary alicyclic amines) is 1. The van der Waals surface area contributed by atoms with Gasteiger partial charge in [0.1, 0.15) is 6.04 Å². The highest BCUT2D eigenvalue weighted by Crippen LogP contribution is 2.17. The summed E-state index contributed by atoms with van der Waals surface area (Å²) in [5.41, 5.74) is 1.15. The van der Waals surface area contributed by atoms with Crippen LogP contribution in [-0.2, 0) is 18.3 Å². The topological polar surface area (TPSA) is 58.4 Å². The Morgan fingerprint density at radius 2 is 2.50 bits per heavy atom. The lowest BCUT2D eigenvalue weighted by atomic mass is 10.2. The van der Waals surface area contributed by atoms with Gasteiger partial charge in [-0.05, 0) is 25.5 Å². The molecular formula is C11H17N3O2. The molecule has 0 spiro atoms. The van der Waals surface area contributed by atoms with E-state index in [2.05, 4.69) is 10.00 Å². The molecule has 1 aromatic heterocycles. The van der Waals surface area contributed by atoms with E-state index < -0.39 is 5.97 Å². The molecule has 0 saturated carbocycles. The van der Waals surface area contributed by atoms with E-state index in [1.807, 2.05) is 17.8 Å². The van der Waals surface area contributed by atoms with Crippen LogP contribution in [0, 0.1) is 0 Å². The van der Waals surface area contributed by atoms with E-state index in [-0.39, 0.29) is 6.04 Å². The predicted molar refractivity (Wildman–Crippen MR) is 59.1 cm³/mol. The second kappa shape index (κ2) is 4.65. The third-order valence-electron chi connectivity index (χ3n) is 3.23. The Bertz CT molecular complexity index is 375. The number of carboxylic acid groups (broad SMARTS) is 1.